The molecule has 0 radical (unpaired) electrons. The number of rotatable bonds is 7. The van der Waals surface area contributed by atoms with Gasteiger partial charge in [-0.1, -0.05) is 30.3 Å². The lowest BCUT2D eigenvalue weighted by atomic mass is 10.1. The van der Waals surface area contributed by atoms with Crippen molar-refractivity contribution < 1.29 is 4.42 Å². The largest absolute Gasteiger partial charge is 0.468 e. The minimum Gasteiger partial charge on any atom is -0.468 e. The molecule has 0 saturated heterocycles. The van der Waals surface area contributed by atoms with E-state index in [0.717, 1.165) is 25.3 Å². The standard InChI is InChI=1S/C17H22N2O/c18-15(11-14-5-2-1-3-6-14)12-19(16-8-9-16)13-17-7-4-10-20-17/h1-7,10,15-16H,8-9,11-13,18H2. The van der Waals surface area contributed by atoms with Gasteiger partial charge in [0, 0.05) is 18.6 Å². The fourth-order valence-corrected chi connectivity index (χ4v) is 2.67. The van der Waals surface area contributed by atoms with Gasteiger partial charge in [-0.2, -0.15) is 0 Å². The van der Waals surface area contributed by atoms with E-state index in [2.05, 4.69) is 29.2 Å². The van der Waals surface area contributed by atoms with Crippen molar-refractivity contribution in [2.75, 3.05) is 6.54 Å². The van der Waals surface area contributed by atoms with Crippen molar-refractivity contribution >= 4 is 0 Å². The van der Waals surface area contributed by atoms with Crippen molar-refractivity contribution in [1.82, 2.24) is 4.90 Å². The van der Waals surface area contributed by atoms with Gasteiger partial charge in [0.2, 0.25) is 0 Å². The maximum absolute atomic E-state index is 6.33. The first-order chi connectivity index (χ1) is 9.81. The Hall–Kier alpha value is -1.58. The summed E-state index contributed by atoms with van der Waals surface area (Å²) in [6.45, 7) is 1.81. The third-order valence-corrected chi connectivity index (χ3v) is 3.81. The van der Waals surface area contributed by atoms with E-state index in [4.69, 9.17) is 10.2 Å². The predicted molar refractivity (Wildman–Crippen MR) is 80.3 cm³/mol. The van der Waals surface area contributed by atoms with Crippen molar-refractivity contribution in [3.63, 3.8) is 0 Å². The van der Waals surface area contributed by atoms with E-state index in [1.807, 2.05) is 18.2 Å². The molecule has 1 aliphatic rings. The van der Waals surface area contributed by atoms with Crippen LogP contribution in [0.4, 0.5) is 0 Å². The van der Waals surface area contributed by atoms with E-state index in [0.29, 0.717) is 6.04 Å². The molecule has 2 N–H and O–H groups in total. The summed E-state index contributed by atoms with van der Waals surface area (Å²) in [5, 5.41) is 0. The van der Waals surface area contributed by atoms with Crippen LogP contribution in [0.25, 0.3) is 0 Å². The minimum absolute atomic E-state index is 0.174. The highest BCUT2D eigenvalue weighted by Crippen LogP contribution is 2.28. The quantitative estimate of drug-likeness (QED) is 0.841. The minimum atomic E-state index is 0.174. The normalized spacial score (nSPS) is 16.5. The third kappa shape index (κ3) is 3.71. The maximum atomic E-state index is 6.33. The SMILES string of the molecule is NC(Cc1ccccc1)CN(Cc1ccco1)C1CC1. The molecule has 0 aliphatic heterocycles. The molecule has 1 aromatic heterocycles. The molecule has 0 bridgehead atoms. The Kier molecular flexibility index (Phi) is 4.19. The molecule has 1 saturated carbocycles. The highest BCUT2D eigenvalue weighted by atomic mass is 16.3. The zero-order chi connectivity index (χ0) is 13.8. The zero-order valence-corrected chi connectivity index (χ0v) is 11.7. The predicted octanol–water partition coefficient (Wildman–Crippen LogP) is 2.81. The van der Waals surface area contributed by atoms with E-state index in [1.165, 1.54) is 18.4 Å². The van der Waals surface area contributed by atoms with Crippen molar-refractivity contribution in [1.29, 1.82) is 0 Å². The molecule has 3 nitrogen and oxygen atoms in total. The lowest BCUT2D eigenvalue weighted by Gasteiger charge is -2.24. The Morgan fingerprint density at radius 1 is 1.15 bits per heavy atom. The fraction of sp³-hybridized carbons (Fsp3) is 0.412. The van der Waals surface area contributed by atoms with E-state index >= 15 is 0 Å². The smallest absolute Gasteiger partial charge is 0.117 e. The molecule has 3 rings (SSSR count). The Labute approximate surface area is 120 Å². The second-order valence-corrected chi connectivity index (χ2v) is 5.69. The second kappa shape index (κ2) is 6.25. The van der Waals surface area contributed by atoms with Crippen molar-refractivity contribution in [2.45, 2.75) is 37.9 Å². The molecule has 20 heavy (non-hydrogen) atoms. The highest BCUT2D eigenvalue weighted by Gasteiger charge is 2.30. The van der Waals surface area contributed by atoms with Gasteiger partial charge in [0.15, 0.2) is 0 Å². The van der Waals surface area contributed by atoms with Crippen LogP contribution >= 0.6 is 0 Å². The van der Waals surface area contributed by atoms with Crippen LogP contribution < -0.4 is 5.73 Å². The van der Waals surface area contributed by atoms with Crippen LogP contribution in [0.2, 0.25) is 0 Å². The van der Waals surface area contributed by atoms with Crippen LogP contribution in [0.5, 0.6) is 0 Å². The van der Waals surface area contributed by atoms with Gasteiger partial charge < -0.3 is 10.2 Å². The summed E-state index contributed by atoms with van der Waals surface area (Å²) in [5.74, 6) is 1.03. The van der Waals surface area contributed by atoms with Gasteiger partial charge in [0.1, 0.15) is 5.76 Å². The van der Waals surface area contributed by atoms with E-state index in [1.54, 1.807) is 6.26 Å². The first-order valence-corrected chi connectivity index (χ1v) is 7.37. The van der Waals surface area contributed by atoms with Gasteiger partial charge in [-0.15, -0.1) is 0 Å². The van der Waals surface area contributed by atoms with Gasteiger partial charge in [-0.25, -0.2) is 0 Å². The topological polar surface area (TPSA) is 42.4 Å². The Bertz CT molecular complexity index is 505. The summed E-state index contributed by atoms with van der Waals surface area (Å²) in [4.78, 5) is 2.46. The van der Waals surface area contributed by atoms with Crippen LogP contribution in [0.15, 0.2) is 53.1 Å². The molecule has 0 spiro atoms. The van der Waals surface area contributed by atoms with Gasteiger partial charge >= 0.3 is 0 Å². The number of nitrogens with two attached hydrogens (primary N) is 1. The summed E-state index contributed by atoms with van der Waals surface area (Å²) >= 11 is 0. The van der Waals surface area contributed by atoms with Crippen molar-refractivity contribution in [3.8, 4) is 0 Å². The van der Waals surface area contributed by atoms with Crippen LogP contribution in [0.1, 0.15) is 24.2 Å². The molecule has 1 aliphatic carbocycles. The van der Waals surface area contributed by atoms with Crippen molar-refractivity contribution in [3.05, 3.63) is 60.1 Å². The Morgan fingerprint density at radius 2 is 1.95 bits per heavy atom. The molecule has 1 fully saturated rings. The fourth-order valence-electron chi connectivity index (χ4n) is 2.67. The molecule has 0 amide bonds. The summed E-state index contributed by atoms with van der Waals surface area (Å²) < 4.78 is 5.46. The number of benzene rings is 1. The van der Waals surface area contributed by atoms with E-state index < -0.39 is 0 Å². The lowest BCUT2D eigenvalue weighted by molar-refractivity contribution is 0.219. The number of furan rings is 1. The Balaban J connectivity index is 1.56. The van der Waals surface area contributed by atoms with Gasteiger partial charge in [-0.05, 0) is 37.0 Å². The molecule has 106 valence electrons. The lowest BCUT2D eigenvalue weighted by Crippen LogP contribution is -2.39. The van der Waals surface area contributed by atoms with Crippen LogP contribution in [0.3, 0.4) is 0 Å². The maximum Gasteiger partial charge on any atom is 0.117 e. The Morgan fingerprint density at radius 3 is 2.60 bits per heavy atom. The number of hydrogen-bond donors (Lipinski definition) is 1. The number of nitrogens with zero attached hydrogens (tertiary/aromatic N) is 1. The second-order valence-electron chi connectivity index (χ2n) is 5.69. The first-order valence-electron chi connectivity index (χ1n) is 7.37. The van der Waals surface area contributed by atoms with Crippen LogP contribution in [-0.2, 0) is 13.0 Å². The third-order valence-electron chi connectivity index (χ3n) is 3.81. The summed E-state index contributed by atoms with van der Waals surface area (Å²) in [6, 6.07) is 15.3. The first kappa shape index (κ1) is 13.4. The van der Waals surface area contributed by atoms with E-state index in [9.17, 15) is 0 Å². The zero-order valence-electron chi connectivity index (χ0n) is 11.7. The highest BCUT2D eigenvalue weighted by molar-refractivity contribution is 5.16. The molecule has 1 atom stereocenters. The average Bonchev–Trinajstić information content (AvgIpc) is 3.18. The summed E-state index contributed by atoms with van der Waals surface area (Å²) in [5.41, 5.74) is 7.64. The molecule has 2 aromatic rings. The van der Waals surface area contributed by atoms with Crippen LogP contribution in [-0.4, -0.2) is 23.5 Å². The van der Waals surface area contributed by atoms with Gasteiger partial charge in [0.25, 0.3) is 0 Å². The summed E-state index contributed by atoms with van der Waals surface area (Å²) in [7, 11) is 0. The summed E-state index contributed by atoms with van der Waals surface area (Å²) in [6.07, 6.45) is 5.25. The molecule has 1 aromatic carbocycles. The van der Waals surface area contributed by atoms with Crippen molar-refractivity contribution in [2.24, 2.45) is 5.73 Å². The molecule has 1 heterocycles. The van der Waals surface area contributed by atoms with Gasteiger partial charge in [-0.3, -0.25) is 4.90 Å². The number of hydrogen-bond acceptors (Lipinski definition) is 3. The van der Waals surface area contributed by atoms with Gasteiger partial charge in [0.05, 0.1) is 12.8 Å². The van der Waals surface area contributed by atoms with E-state index in [-0.39, 0.29) is 6.04 Å². The monoisotopic (exact) mass is 270 g/mol. The molecular formula is C17H22N2O. The average molecular weight is 270 g/mol. The molecule has 1 unspecified atom stereocenters. The molecule has 3 heteroatoms. The van der Waals surface area contributed by atoms with Crippen LogP contribution in [0, 0.1) is 0 Å². The molecular weight excluding hydrogens is 248 g/mol.